The van der Waals surface area contributed by atoms with Crippen molar-refractivity contribution in [1.82, 2.24) is 0 Å². The third-order valence-electron chi connectivity index (χ3n) is 6.96. The zero-order valence-electron chi connectivity index (χ0n) is 18.4. The lowest BCUT2D eigenvalue weighted by Gasteiger charge is -2.47. The van der Waals surface area contributed by atoms with Crippen molar-refractivity contribution in [3.05, 3.63) is 21.6 Å². The van der Waals surface area contributed by atoms with Gasteiger partial charge in [-0.05, 0) is 81.1 Å². The zero-order valence-corrected chi connectivity index (χ0v) is 19.3. The van der Waals surface area contributed by atoms with Crippen LogP contribution in [-0.2, 0) is 0 Å². The van der Waals surface area contributed by atoms with E-state index in [0.717, 1.165) is 5.92 Å². The summed E-state index contributed by atoms with van der Waals surface area (Å²) in [7, 11) is 0.517. The molecule has 25 heavy (non-hydrogen) atoms. The molecule has 2 heterocycles. The Bertz CT molecular complexity index is 610. The Hall–Kier alpha value is -0.300. The number of hydrogen-bond acceptors (Lipinski definition) is 0. The number of allylic oxidation sites excluding steroid dienone is 4. The van der Waals surface area contributed by atoms with E-state index in [1.54, 1.807) is 11.1 Å². The van der Waals surface area contributed by atoms with Crippen LogP contribution in [0.2, 0.25) is 0 Å². The Morgan fingerprint density at radius 3 is 2.24 bits per heavy atom. The van der Waals surface area contributed by atoms with Crippen LogP contribution in [0.1, 0.15) is 101 Å². The van der Waals surface area contributed by atoms with Crippen LogP contribution in [0.5, 0.6) is 0 Å². The molecule has 0 nitrogen and oxygen atoms in total. The molecule has 0 aromatic carbocycles. The van der Waals surface area contributed by atoms with Crippen LogP contribution in [0.25, 0.3) is 0 Å². The highest BCUT2D eigenvalue weighted by Gasteiger charge is 2.41. The van der Waals surface area contributed by atoms with E-state index < -0.39 is 0 Å². The standard InChI is InChI=1S/C22H36S.C2H6/c1-8-16-17-12-15(3)22(6,7)14-20(17)23-11-10-19(23)18(16)13-21(4,5)9-2;1-2/h15H,8-14H2,1-7H3;1-2H3. The normalized spacial score (nSPS) is 28.0. The molecule has 2 aliphatic heterocycles. The van der Waals surface area contributed by atoms with Crippen LogP contribution in [0.3, 0.4) is 0 Å². The van der Waals surface area contributed by atoms with E-state index in [0.29, 0.717) is 21.3 Å². The number of fused-ring (bicyclic) bond motifs is 2. The summed E-state index contributed by atoms with van der Waals surface area (Å²) < 4.78 is 0. The van der Waals surface area contributed by atoms with E-state index in [4.69, 9.17) is 0 Å². The van der Waals surface area contributed by atoms with Gasteiger partial charge in [0, 0.05) is 0 Å². The van der Waals surface area contributed by atoms with E-state index in [1.807, 2.05) is 29.2 Å². The molecule has 0 N–H and O–H groups in total. The van der Waals surface area contributed by atoms with Crippen molar-refractivity contribution in [1.29, 1.82) is 0 Å². The molecule has 0 spiro atoms. The summed E-state index contributed by atoms with van der Waals surface area (Å²) in [6.45, 7) is 21.1. The van der Waals surface area contributed by atoms with Crippen molar-refractivity contribution in [3.8, 4) is 0 Å². The first-order valence-corrected chi connectivity index (χ1v) is 12.1. The Morgan fingerprint density at radius 2 is 1.76 bits per heavy atom. The minimum absolute atomic E-state index is 0.449. The fourth-order valence-corrected chi connectivity index (χ4v) is 7.08. The highest BCUT2D eigenvalue weighted by molar-refractivity contribution is 8.20. The summed E-state index contributed by atoms with van der Waals surface area (Å²) in [5.74, 6) is 2.26. The lowest BCUT2D eigenvalue weighted by molar-refractivity contribution is 0.230. The summed E-state index contributed by atoms with van der Waals surface area (Å²) in [5.41, 5.74) is 6.33. The molecule has 144 valence electrons. The highest BCUT2D eigenvalue weighted by atomic mass is 32.2. The smallest absolute Gasteiger partial charge is 0.00280 e. The van der Waals surface area contributed by atoms with Gasteiger partial charge in [-0.2, -0.15) is 10.5 Å². The van der Waals surface area contributed by atoms with Gasteiger partial charge in [0.1, 0.15) is 0 Å². The molecule has 2 fully saturated rings. The second kappa shape index (κ2) is 7.75. The average molecular weight is 363 g/mol. The minimum atomic E-state index is 0.449. The largest absolute Gasteiger partial charge is 0.155 e. The Kier molecular flexibility index (Phi) is 6.51. The molecule has 0 bridgehead atoms. The van der Waals surface area contributed by atoms with E-state index in [2.05, 4.69) is 48.5 Å². The molecule has 1 saturated carbocycles. The van der Waals surface area contributed by atoms with Crippen molar-refractivity contribution in [2.24, 2.45) is 16.7 Å². The van der Waals surface area contributed by atoms with Crippen LogP contribution in [0.4, 0.5) is 0 Å². The van der Waals surface area contributed by atoms with E-state index in [1.165, 1.54) is 44.3 Å². The molecule has 2 atom stereocenters. The lowest BCUT2D eigenvalue weighted by atomic mass is 9.66. The summed E-state index contributed by atoms with van der Waals surface area (Å²) in [6, 6.07) is 0. The first-order chi connectivity index (χ1) is 11.7. The second-order valence-corrected chi connectivity index (χ2v) is 11.6. The molecule has 3 rings (SSSR count). The maximum absolute atomic E-state index is 2.50. The van der Waals surface area contributed by atoms with Gasteiger partial charge in [-0.25, -0.2) is 0 Å². The van der Waals surface area contributed by atoms with Gasteiger partial charge in [0.05, 0.1) is 0 Å². The van der Waals surface area contributed by atoms with Crippen LogP contribution in [-0.4, -0.2) is 10.6 Å². The first-order valence-electron chi connectivity index (χ1n) is 10.7. The minimum Gasteiger partial charge on any atom is -0.155 e. The Morgan fingerprint density at radius 1 is 1.12 bits per heavy atom. The summed E-state index contributed by atoms with van der Waals surface area (Å²) in [6.07, 6.45) is 7.89. The molecular formula is C24H42S. The third kappa shape index (κ3) is 3.87. The monoisotopic (exact) mass is 362 g/mol. The van der Waals surface area contributed by atoms with E-state index in [-0.39, 0.29) is 0 Å². The quantitative estimate of drug-likeness (QED) is 0.443. The van der Waals surface area contributed by atoms with Gasteiger partial charge in [-0.3, -0.25) is 0 Å². The molecule has 0 aromatic heterocycles. The fraction of sp³-hybridized carbons (Fsp3) is 0.792. The zero-order chi connectivity index (χ0) is 19.0. The number of hydrogen-bond donors (Lipinski definition) is 0. The predicted octanol–water partition coefficient (Wildman–Crippen LogP) is 8.11. The van der Waals surface area contributed by atoms with E-state index >= 15 is 0 Å². The summed E-state index contributed by atoms with van der Waals surface area (Å²) >= 11 is 0. The molecule has 1 aliphatic carbocycles. The average Bonchev–Trinajstić information content (AvgIpc) is 2.52. The van der Waals surface area contributed by atoms with Crippen molar-refractivity contribution in [3.63, 3.8) is 0 Å². The van der Waals surface area contributed by atoms with Crippen molar-refractivity contribution in [2.75, 3.05) is 5.75 Å². The number of rotatable bonds is 4. The van der Waals surface area contributed by atoms with Gasteiger partial charge < -0.3 is 0 Å². The van der Waals surface area contributed by atoms with Crippen LogP contribution < -0.4 is 0 Å². The molecule has 2 unspecified atom stereocenters. The summed E-state index contributed by atoms with van der Waals surface area (Å²) in [4.78, 5) is 3.75. The molecule has 1 saturated heterocycles. The van der Waals surface area contributed by atoms with Gasteiger partial charge >= 0.3 is 0 Å². The van der Waals surface area contributed by atoms with Gasteiger partial charge in [-0.1, -0.05) is 68.7 Å². The SMILES string of the molecule is CC.CCC1=C2CC(C)C(C)(C)CC2=S2CCC2=C1CC(C)(C)CC. The molecule has 1 heteroatoms. The van der Waals surface area contributed by atoms with E-state index in [9.17, 15) is 0 Å². The molecular weight excluding hydrogens is 320 g/mol. The molecule has 0 radical (unpaired) electrons. The lowest BCUT2D eigenvalue weighted by Crippen LogP contribution is -2.36. The highest BCUT2D eigenvalue weighted by Crippen LogP contribution is 2.57. The molecule has 0 aromatic rings. The van der Waals surface area contributed by atoms with Crippen molar-refractivity contribution in [2.45, 2.75) is 101 Å². The first kappa shape index (κ1) is 21.0. The van der Waals surface area contributed by atoms with Crippen LogP contribution in [0, 0.1) is 16.7 Å². The van der Waals surface area contributed by atoms with Gasteiger partial charge in [0.15, 0.2) is 0 Å². The van der Waals surface area contributed by atoms with Crippen molar-refractivity contribution < 1.29 is 0 Å². The van der Waals surface area contributed by atoms with Gasteiger partial charge in [-0.15, -0.1) is 0 Å². The molecule has 0 amide bonds. The van der Waals surface area contributed by atoms with Crippen LogP contribution >= 0.6 is 10.5 Å². The van der Waals surface area contributed by atoms with Crippen molar-refractivity contribution >= 4 is 15.3 Å². The maximum Gasteiger partial charge on any atom is -0.00280 e. The van der Waals surface area contributed by atoms with Crippen LogP contribution in [0.15, 0.2) is 21.6 Å². The van der Waals surface area contributed by atoms with Gasteiger partial charge in [0.25, 0.3) is 0 Å². The Balaban J connectivity index is 0.00000109. The Labute approximate surface area is 160 Å². The third-order valence-corrected chi connectivity index (χ3v) is 9.60. The predicted molar refractivity (Wildman–Crippen MR) is 119 cm³/mol. The summed E-state index contributed by atoms with van der Waals surface area (Å²) in [5, 5.41) is 0. The maximum atomic E-state index is 2.50. The fourth-order valence-electron chi connectivity index (χ4n) is 4.38. The molecule has 3 aliphatic rings. The second-order valence-electron chi connectivity index (χ2n) is 9.45. The topological polar surface area (TPSA) is 0 Å². The van der Waals surface area contributed by atoms with Gasteiger partial charge in [0.2, 0.25) is 0 Å².